The molecule has 2 unspecified atom stereocenters. The van der Waals surface area contributed by atoms with E-state index in [9.17, 15) is 14.7 Å². The molecule has 0 radical (unpaired) electrons. The highest BCUT2D eigenvalue weighted by Crippen LogP contribution is 2.22. The number of hydrogen-bond donors (Lipinski definition) is 1. The van der Waals surface area contributed by atoms with Crippen molar-refractivity contribution in [2.45, 2.75) is 272 Å². The zero-order chi connectivity index (χ0) is 44.5. The molecule has 6 nitrogen and oxygen atoms in total. The van der Waals surface area contributed by atoms with Gasteiger partial charge < -0.3 is 19.5 Å². The molecule has 0 aromatic rings. The van der Waals surface area contributed by atoms with Crippen molar-refractivity contribution in [2.24, 2.45) is 11.8 Å². The molecular weight excluding hydrogens is 755 g/mol. The van der Waals surface area contributed by atoms with Gasteiger partial charge in [0, 0.05) is 26.0 Å². The molecule has 0 saturated heterocycles. The number of rotatable bonds is 51. The number of carbonyl (C=O) groups is 2. The van der Waals surface area contributed by atoms with Crippen LogP contribution in [0.2, 0.25) is 0 Å². The average molecular weight is 862 g/mol. The van der Waals surface area contributed by atoms with Crippen LogP contribution < -0.4 is 0 Å². The smallest absolute Gasteiger partial charge is 0.305 e. The molecule has 362 valence electrons. The van der Waals surface area contributed by atoms with E-state index in [1.807, 2.05) is 0 Å². The van der Waals surface area contributed by atoms with Crippen molar-refractivity contribution in [1.29, 1.82) is 0 Å². The molecule has 0 saturated carbocycles. The SMILES string of the molecule is CC/C=C/CCCCC(CCCCCCCCCC)COC(=O)CCCCCN(CCO)CCCCCC(=O)COCC(CCCCCCCC)CCCCCCCCCC. The van der Waals surface area contributed by atoms with E-state index in [2.05, 4.69) is 44.7 Å². The summed E-state index contributed by atoms with van der Waals surface area (Å²) in [5.41, 5.74) is 0. The van der Waals surface area contributed by atoms with Crippen LogP contribution in [-0.4, -0.2) is 67.8 Å². The molecule has 0 aliphatic rings. The van der Waals surface area contributed by atoms with Gasteiger partial charge in [-0.15, -0.1) is 0 Å². The van der Waals surface area contributed by atoms with E-state index in [-0.39, 0.29) is 25.0 Å². The number of esters is 1. The molecule has 0 spiro atoms. The van der Waals surface area contributed by atoms with E-state index in [4.69, 9.17) is 9.47 Å². The number of nitrogens with zero attached hydrogens (tertiary/aromatic N) is 1. The number of aliphatic hydroxyl groups is 1. The summed E-state index contributed by atoms with van der Waals surface area (Å²) in [5.74, 6) is 1.29. The van der Waals surface area contributed by atoms with E-state index < -0.39 is 0 Å². The van der Waals surface area contributed by atoms with E-state index in [0.717, 1.165) is 77.5 Å². The Balaban J connectivity index is 4.32. The van der Waals surface area contributed by atoms with Crippen LogP contribution in [0.15, 0.2) is 12.2 Å². The minimum Gasteiger partial charge on any atom is -0.465 e. The second kappa shape index (κ2) is 49.8. The molecule has 1 N–H and O–H groups in total. The molecule has 0 aromatic carbocycles. The number of aliphatic hydroxyl groups excluding tert-OH is 1. The number of unbranched alkanes of at least 4 members (excludes halogenated alkanes) is 25. The Morgan fingerprint density at radius 2 is 0.902 bits per heavy atom. The van der Waals surface area contributed by atoms with Crippen LogP contribution in [0, 0.1) is 11.8 Å². The Morgan fingerprint density at radius 1 is 0.475 bits per heavy atom. The van der Waals surface area contributed by atoms with Gasteiger partial charge in [0.2, 0.25) is 0 Å². The third-order valence-electron chi connectivity index (χ3n) is 12.8. The number of allylic oxidation sites excluding steroid dienone is 2. The number of ether oxygens (including phenoxy) is 2. The topological polar surface area (TPSA) is 76.1 Å². The molecule has 2 atom stereocenters. The second-order valence-electron chi connectivity index (χ2n) is 18.9. The molecule has 6 heteroatoms. The predicted molar refractivity (Wildman–Crippen MR) is 265 cm³/mol. The Kier molecular flexibility index (Phi) is 48.8. The molecule has 0 aliphatic heterocycles. The van der Waals surface area contributed by atoms with Crippen LogP contribution in [0.4, 0.5) is 0 Å². The van der Waals surface area contributed by atoms with Gasteiger partial charge in [-0.3, -0.25) is 9.59 Å². The summed E-state index contributed by atoms with van der Waals surface area (Å²) in [4.78, 5) is 27.7. The van der Waals surface area contributed by atoms with E-state index in [1.54, 1.807) is 0 Å². The summed E-state index contributed by atoms with van der Waals surface area (Å²) in [5, 5.41) is 9.67. The van der Waals surface area contributed by atoms with E-state index >= 15 is 0 Å². The highest BCUT2D eigenvalue weighted by Gasteiger charge is 2.14. The van der Waals surface area contributed by atoms with E-state index in [0.29, 0.717) is 37.8 Å². The molecule has 0 aromatic heterocycles. The molecule has 0 aliphatic carbocycles. The Hall–Kier alpha value is -1.24. The maximum absolute atomic E-state index is 12.7. The average Bonchev–Trinajstić information content (AvgIpc) is 3.26. The van der Waals surface area contributed by atoms with Gasteiger partial charge in [-0.2, -0.15) is 0 Å². The van der Waals surface area contributed by atoms with Gasteiger partial charge in [-0.1, -0.05) is 200 Å². The Morgan fingerprint density at radius 3 is 1.38 bits per heavy atom. The van der Waals surface area contributed by atoms with Crippen molar-refractivity contribution in [1.82, 2.24) is 4.90 Å². The highest BCUT2D eigenvalue weighted by atomic mass is 16.5. The molecule has 0 bridgehead atoms. The lowest BCUT2D eigenvalue weighted by Gasteiger charge is -2.21. The zero-order valence-corrected chi connectivity index (χ0v) is 41.7. The van der Waals surface area contributed by atoms with Gasteiger partial charge in [-0.05, 0) is 95.6 Å². The Bertz CT molecular complexity index is 924. The van der Waals surface area contributed by atoms with Gasteiger partial charge in [-0.25, -0.2) is 0 Å². The lowest BCUT2D eigenvalue weighted by molar-refractivity contribution is -0.145. The summed E-state index contributed by atoms with van der Waals surface area (Å²) >= 11 is 0. The summed E-state index contributed by atoms with van der Waals surface area (Å²) in [6, 6.07) is 0. The van der Waals surface area contributed by atoms with Crippen molar-refractivity contribution in [2.75, 3.05) is 46.1 Å². The van der Waals surface area contributed by atoms with Crippen LogP contribution >= 0.6 is 0 Å². The molecule has 0 rings (SSSR count). The molecule has 0 amide bonds. The van der Waals surface area contributed by atoms with Gasteiger partial charge in [0.15, 0.2) is 5.78 Å². The summed E-state index contributed by atoms with van der Waals surface area (Å²) in [6.45, 7) is 13.4. The fourth-order valence-corrected chi connectivity index (χ4v) is 8.74. The first kappa shape index (κ1) is 59.8. The first-order chi connectivity index (χ1) is 30.0. The maximum atomic E-state index is 12.7. The predicted octanol–water partition coefficient (Wildman–Crippen LogP) is 16.1. The van der Waals surface area contributed by atoms with Gasteiger partial charge in [0.1, 0.15) is 6.61 Å². The number of Topliss-reactive ketones (excluding diaryl/α,β-unsaturated/α-hetero) is 1. The van der Waals surface area contributed by atoms with E-state index in [1.165, 1.54) is 173 Å². The minimum absolute atomic E-state index is 0.0363. The van der Waals surface area contributed by atoms with Crippen LogP contribution in [0.3, 0.4) is 0 Å². The standard InChI is InChI=1S/C55H107NO5/c1-5-9-13-17-21-23-27-32-40-52(39-31-25-19-15-11-7-3)49-60-51-54(58)43-35-29-37-45-56(47-48-57)46-38-30-36-44-55(59)61-50-53(41-33-26-20-16-12-8-4)42-34-28-24-22-18-14-10-6-2/h12,16,52-53,57H,5-11,13-15,17-51H2,1-4H3/b16-12+. The first-order valence-corrected chi connectivity index (χ1v) is 27.2. The largest absolute Gasteiger partial charge is 0.465 e. The quantitative estimate of drug-likeness (QED) is 0.0373. The Labute approximate surface area is 381 Å². The lowest BCUT2D eigenvalue weighted by Crippen LogP contribution is -2.29. The molecule has 0 heterocycles. The zero-order valence-electron chi connectivity index (χ0n) is 41.7. The summed E-state index contributed by atoms with van der Waals surface area (Å²) in [7, 11) is 0. The monoisotopic (exact) mass is 862 g/mol. The summed E-state index contributed by atoms with van der Waals surface area (Å²) in [6.07, 6.45) is 50.6. The van der Waals surface area contributed by atoms with Crippen molar-refractivity contribution < 1.29 is 24.2 Å². The number of carbonyl (C=O) groups excluding carboxylic acids is 2. The maximum Gasteiger partial charge on any atom is 0.305 e. The molecule has 0 fully saturated rings. The highest BCUT2D eigenvalue weighted by molar-refractivity contribution is 5.79. The normalized spacial score (nSPS) is 12.8. The lowest BCUT2D eigenvalue weighted by atomic mass is 9.94. The van der Waals surface area contributed by atoms with Gasteiger partial charge in [0.25, 0.3) is 0 Å². The molecular formula is C55H107NO5. The first-order valence-electron chi connectivity index (χ1n) is 27.2. The van der Waals surface area contributed by atoms with Crippen molar-refractivity contribution in [3.05, 3.63) is 12.2 Å². The van der Waals surface area contributed by atoms with Crippen LogP contribution in [0.25, 0.3) is 0 Å². The summed E-state index contributed by atoms with van der Waals surface area (Å²) < 4.78 is 11.9. The van der Waals surface area contributed by atoms with Crippen LogP contribution in [0.5, 0.6) is 0 Å². The van der Waals surface area contributed by atoms with Crippen molar-refractivity contribution >= 4 is 11.8 Å². The van der Waals surface area contributed by atoms with Gasteiger partial charge >= 0.3 is 5.97 Å². The van der Waals surface area contributed by atoms with Crippen LogP contribution in [-0.2, 0) is 19.1 Å². The molecule has 61 heavy (non-hydrogen) atoms. The van der Waals surface area contributed by atoms with Gasteiger partial charge in [0.05, 0.1) is 13.2 Å². The second-order valence-corrected chi connectivity index (χ2v) is 18.9. The third-order valence-corrected chi connectivity index (χ3v) is 12.8. The van der Waals surface area contributed by atoms with Crippen molar-refractivity contribution in [3.63, 3.8) is 0 Å². The minimum atomic E-state index is -0.0363. The third kappa shape index (κ3) is 45.1. The van der Waals surface area contributed by atoms with Crippen molar-refractivity contribution in [3.8, 4) is 0 Å². The number of hydrogen-bond acceptors (Lipinski definition) is 6. The fourth-order valence-electron chi connectivity index (χ4n) is 8.74. The number of ketones is 1. The van der Waals surface area contributed by atoms with Crippen LogP contribution in [0.1, 0.15) is 272 Å². The fraction of sp³-hybridized carbons (Fsp3) is 0.927.